The minimum absolute atomic E-state index is 0.153. The Balaban J connectivity index is 2.26. The van der Waals surface area contributed by atoms with Gasteiger partial charge in [-0.05, 0) is 31.9 Å². The number of aromatic nitrogens is 2. The van der Waals surface area contributed by atoms with Crippen LogP contribution in [0, 0.1) is 6.92 Å². The van der Waals surface area contributed by atoms with Crippen molar-refractivity contribution in [3.05, 3.63) is 35.9 Å². The summed E-state index contributed by atoms with van der Waals surface area (Å²) in [5, 5.41) is 2.87. The van der Waals surface area contributed by atoms with Crippen LogP contribution in [0.4, 0.5) is 8.78 Å². The van der Waals surface area contributed by atoms with Gasteiger partial charge in [-0.2, -0.15) is 0 Å². The standard InChI is InChI=1S/C17H22F2N4O2/c1-4-14(25)23(3)10-13(24)22-17(7-5-6-8-17)16-20-11(2)9-12(21-16)15(18)19/h4,9,15H,1,5-8,10H2,2-3H3,(H,22,24). The van der Waals surface area contributed by atoms with Crippen molar-refractivity contribution < 1.29 is 18.4 Å². The van der Waals surface area contributed by atoms with Crippen molar-refractivity contribution in [2.75, 3.05) is 13.6 Å². The Morgan fingerprint density at radius 1 is 1.40 bits per heavy atom. The first-order valence-corrected chi connectivity index (χ1v) is 8.10. The molecule has 0 aliphatic heterocycles. The minimum Gasteiger partial charge on any atom is -0.342 e. The maximum absolute atomic E-state index is 13.1. The number of alkyl halides is 2. The van der Waals surface area contributed by atoms with Crippen molar-refractivity contribution >= 4 is 11.8 Å². The summed E-state index contributed by atoms with van der Waals surface area (Å²) in [5.41, 5.74) is -0.785. The predicted molar refractivity (Wildman–Crippen MR) is 87.8 cm³/mol. The molecular weight excluding hydrogens is 330 g/mol. The molecule has 1 aliphatic carbocycles. The van der Waals surface area contributed by atoms with Gasteiger partial charge in [-0.3, -0.25) is 9.59 Å². The number of amides is 2. The molecule has 0 aromatic carbocycles. The molecule has 1 N–H and O–H groups in total. The van der Waals surface area contributed by atoms with Gasteiger partial charge < -0.3 is 10.2 Å². The molecule has 1 fully saturated rings. The highest BCUT2D eigenvalue weighted by atomic mass is 19.3. The molecule has 0 radical (unpaired) electrons. The number of nitrogens with zero attached hydrogens (tertiary/aromatic N) is 3. The van der Waals surface area contributed by atoms with Crippen LogP contribution in [-0.4, -0.2) is 40.3 Å². The van der Waals surface area contributed by atoms with Crippen LogP contribution < -0.4 is 5.32 Å². The van der Waals surface area contributed by atoms with Gasteiger partial charge in [-0.25, -0.2) is 18.7 Å². The van der Waals surface area contributed by atoms with Crippen molar-refractivity contribution in [1.82, 2.24) is 20.2 Å². The summed E-state index contributed by atoms with van der Waals surface area (Å²) in [6.45, 7) is 4.85. The second-order valence-electron chi connectivity index (χ2n) is 6.29. The summed E-state index contributed by atoms with van der Waals surface area (Å²) >= 11 is 0. The summed E-state index contributed by atoms with van der Waals surface area (Å²) in [4.78, 5) is 33.4. The molecule has 0 bridgehead atoms. The van der Waals surface area contributed by atoms with Gasteiger partial charge in [-0.15, -0.1) is 0 Å². The van der Waals surface area contributed by atoms with Crippen molar-refractivity contribution in [2.24, 2.45) is 0 Å². The second kappa shape index (κ2) is 7.67. The highest BCUT2D eigenvalue weighted by Gasteiger charge is 2.40. The number of likely N-dealkylation sites (N-methyl/N-ethyl adjacent to an activating group) is 1. The van der Waals surface area contributed by atoms with Gasteiger partial charge in [0.25, 0.3) is 6.43 Å². The number of rotatable bonds is 6. The second-order valence-corrected chi connectivity index (χ2v) is 6.29. The first kappa shape index (κ1) is 19.0. The van der Waals surface area contributed by atoms with Crippen LogP contribution in [0.15, 0.2) is 18.7 Å². The van der Waals surface area contributed by atoms with Crippen LogP contribution in [-0.2, 0) is 15.1 Å². The van der Waals surface area contributed by atoms with Crippen molar-refractivity contribution in [3.63, 3.8) is 0 Å². The number of nitrogens with one attached hydrogen (secondary N) is 1. The van der Waals surface area contributed by atoms with Crippen molar-refractivity contribution in [3.8, 4) is 0 Å². The van der Waals surface area contributed by atoms with Crippen LogP contribution in [0.5, 0.6) is 0 Å². The lowest BCUT2D eigenvalue weighted by Crippen LogP contribution is -2.49. The Morgan fingerprint density at radius 3 is 2.60 bits per heavy atom. The third-order valence-electron chi connectivity index (χ3n) is 4.29. The summed E-state index contributed by atoms with van der Waals surface area (Å²) in [6, 6.07) is 1.25. The van der Waals surface area contributed by atoms with E-state index in [1.165, 1.54) is 18.0 Å². The van der Waals surface area contributed by atoms with Crippen LogP contribution in [0.25, 0.3) is 0 Å². The van der Waals surface area contributed by atoms with Gasteiger partial charge in [0.05, 0.1) is 12.1 Å². The topological polar surface area (TPSA) is 75.2 Å². The molecule has 1 heterocycles. The molecule has 2 rings (SSSR count). The molecule has 2 amide bonds. The molecule has 8 heteroatoms. The monoisotopic (exact) mass is 352 g/mol. The molecule has 25 heavy (non-hydrogen) atoms. The Bertz CT molecular complexity index is 673. The number of carbonyl (C=O) groups excluding carboxylic acids is 2. The molecule has 0 saturated heterocycles. The molecule has 6 nitrogen and oxygen atoms in total. The lowest BCUT2D eigenvalue weighted by molar-refractivity contribution is -0.132. The van der Waals surface area contributed by atoms with E-state index in [-0.39, 0.29) is 29.9 Å². The van der Waals surface area contributed by atoms with E-state index in [0.717, 1.165) is 18.9 Å². The zero-order valence-corrected chi connectivity index (χ0v) is 14.4. The molecule has 1 saturated carbocycles. The van der Waals surface area contributed by atoms with Gasteiger partial charge in [-0.1, -0.05) is 19.4 Å². The van der Waals surface area contributed by atoms with E-state index in [4.69, 9.17) is 0 Å². The summed E-state index contributed by atoms with van der Waals surface area (Å²) in [5.74, 6) is -0.544. The molecule has 1 aliphatic rings. The van der Waals surface area contributed by atoms with Gasteiger partial charge in [0.15, 0.2) is 5.82 Å². The maximum atomic E-state index is 13.1. The summed E-state index contributed by atoms with van der Waals surface area (Å²) in [6.07, 6.45) is 1.24. The zero-order chi connectivity index (χ0) is 18.6. The molecule has 0 atom stereocenters. The fourth-order valence-electron chi connectivity index (χ4n) is 3.06. The van der Waals surface area contributed by atoms with Crippen LogP contribution in [0.2, 0.25) is 0 Å². The Labute approximate surface area is 145 Å². The number of aryl methyl sites for hydroxylation is 1. The SMILES string of the molecule is C=CC(=O)N(C)CC(=O)NC1(c2nc(C)cc(C(F)F)n2)CCCC1. The quantitative estimate of drug-likeness (QED) is 0.797. The number of halogens is 2. The molecule has 0 spiro atoms. The van der Waals surface area contributed by atoms with Crippen LogP contribution >= 0.6 is 0 Å². The smallest absolute Gasteiger partial charge is 0.280 e. The van der Waals surface area contributed by atoms with E-state index in [2.05, 4.69) is 21.9 Å². The van der Waals surface area contributed by atoms with Gasteiger partial charge in [0.2, 0.25) is 11.8 Å². The maximum Gasteiger partial charge on any atom is 0.280 e. The van der Waals surface area contributed by atoms with E-state index in [1.807, 2.05) is 0 Å². The number of carbonyl (C=O) groups is 2. The highest BCUT2D eigenvalue weighted by molar-refractivity contribution is 5.90. The average Bonchev–Trinajstić information content (AvgIpc) is 3.02. The fraction of sp³-hybridized carbons (Fsp3) is 0.529. The third-order valence-corrected chi connectivity index (χ3v) is 4.29. The van der Waals surface area contributed by atoms with E-state index in [0.29, 0.717) is 18.5 Å². The van der Waals surface area contributed by atoms with Gasteiger partial charge in [0.1, 0.15) is 5.69 Å². The first-order chi connectivity index (χ1) is 11.8. The van der Waals surface area contributed by atoms with E-state index < -0.39 is 12.0 Å². The number of hydrogen-bond donors (Lipinski definition) is 1. The lowest BCUT2D eigenvalue weighted by Gasteiger charge is -2.30. The predicted octanol–water partition coefficient (Wildman–Crippen LogP) is 2.25. The minimum atomic E-state index is -2.70. The summed E-state index contributed by atoms with van der Waals surface area (Å²) in [7, 11) is 1.49. The Kier molecular flexibility index (Phi) is 5.81. The Hall–Kier alpha value is -2.38. The highest BCUT2D eigenvalue weighted by Crippen LogP contribution is 2.37. The van der Waals surface area contributed by atoms with Gasteiger partial charge in [0, 0.05) is 12.7 Å². The van der Waals surface area contributed by atoms with Crippen molar-refractivity contribution in [1.29, 1.82) is 0 Å². The molecular formula is C17H22F2N4O2. The summed E-state index contributed by atoms with van der Waals surface area (Å²) < 4.78 is 26.1. The van der Waals surface area contributed by atoms with Gasteiger partial charge >= 0.3 is 0 Å². The van der Waals surface area contributed by atoms with Crippen LogP contribution in [0.1, 0.15) is 49.3 Å². The normalized spacial score (nSPS) is 15.9. The zero-order valence-electron chi connectivity index (χ0n) is 14.4. The molecule has 136 valence electrons. The van der Waals surface area contributed by atoms with E-state index >= 15 is 0 Å². The number of hydrogen-bond acceptors (Lipinski definition) is 4. The average molecular weight is 352 g/mol. The first-order valence-electron chi connectivity index (χ1n) is 8.10. The lowest BCUT2D eigenvalue weighted by atomic mass is 9.95. The van der Waals surface area contributed by atoms with E-state index in [9.17, 15) is 18.4 Å². The van der Waals surface area contributed by atoms with Crippen molar-refractivity contribution in [2.45, 2.75) is 44.6 Å². The van der Waals surface area contributed by atoms with E-state index in [1.54, 1.807) is 6.92 Å². The molecule has 1 aromatic heterocycles. The molecule has 1 aromatic rings. The fourth-order valence-corrected chi connectivity index (χ4v) is 3.06. The molecule has 0 unspecified atom stereocenters. The Morgan fingerprint density at radius 2 is 2.04 bits per heavy atom. The largest absolute Gasteiger partial charge is 0.342 e. The van der Waals surface area contributed by atoms with Crippen LogP contribution in [0.3, 0.4) is 0 Å². The third kappa shape index (κ3) is 4.37.